The van der Waals surface area contributed by atoms with Crippen LogP contribution in [0.15, 0.2) is 65.6 Å². The Hall–Kier alpha value is -2.55. The zero-order valence-corrected chi connectivity index (χ0v) is 12.7. The van der Waals surface area contributed by atoms with E-state index in [9.17, 15) is 4.79 Å². The topological polar surface area (TPSA) is 31.2 Å². The molecule has 0 aliphatic rings. The normalized spacial score (nSPS) is 10.8. The van der Waals surface area contributed by atoms with Gasteiger partial charge in [-0.25, -0.2) is 0 Å². The molecule has 1 aromatic heterocycles. The van der Waals surface area contributed by atoms with Gasteiger partial charge in [0.05, 0.1) is 6.61 Å². The molecule has 3 nitrogen and oxygen atoms in total. The van der Waals surface area contributed by atoms with Crippen molar-refractivity contribution in [3.05, 3.63) is 76.7 Å². The molecule has 0 saturated heterocycles. The molecule has 22 heavy (non-hydrogen) atoms. The molecule has 0 aliphatic carbocycles. The number of pyridine rings is 1. The molecular formula is C19H19NO2. The van der Waals surface area contributed by atoms with Crippen molar-refractivity contribution >= 4 is 10.8 Å². The minimum absolute atomic E-state index is 0.0636. The summed E-state index contributed by atoms with van der Waals surface area (Å²) in [6, 6.07) is 17.7. The number of rotatable bonds is 5. The molecule has 0 N–H and O–H groups in total. The molecule has 1 heterocycles. The molecule has 0 radical (unpaired) electrons. The Morgan fingerprint density at radius 2 is 1.91 bits per heavy atom. The van der Waals surface area contributed by atoms with Gasteiger partial charge >= 0.3 is 0 Å². The smallest absolute Gasteiger partial charge is 0.258 e. The molecule has 0 aliphatic heterocycles. The first-order valence-corrected chi connectivity index (χ1v) is 7.52. The summed E-state index contributed by atoms with van der Waals surface area (Å²) in [5.74, 6) is 0.880. The van der Waals surface area contributed by atoms with Crippen molar-refractivity contribution in [1.29, 1.82) is 0 Å². The maximum Gasteiger partial charge on any atom is 0.258 e. The van der Waals surface area contributed by atoms with Gasteiger partial charge in [0.25, 0.3) is 5.56 Å². The Kier molecular flexibility index (Phi) is 4.24. The van der Waals surface area contributed by atoms with Gasteiger partial charge in [0.2, 0.25) is 0 Å². The Bertz CT molecular complexity index is 836. The number of hydrogen-bond acceptors (Lipinski definition) is 2. The van der Waals surface area contributed by atoms with Crippen molar-refractivity contribution in [1.82, 2.24) is 4.57 Å². The maximum atomic E-state index is 12.4. The minimum Gasteiger partial charge on any atom is -0.494 e. The van der Waals surface area contributed by atoms with Crippen molar-refractivity contribution in [2.24, 2.45) is 0 Å². The van der Waals surface area contributed by atoms with E-state index in [1.165, 1.54) is 5.56 Å². The Morgan fingerprint density at radius 3 is 2.77 bits per heavy atom. The lowest BCUT2D eigenvalue weighted by molar-refractivity contribution is 0.301. The van der Waals surface area contributed by atoms with E-state index in [0.29, 0.717) is 13.2 Å². The van der Waals surface area contributed by atoms with Gasteiger partial charge in [-0.1, -0.05) is 30.3 Å². The minimum atomic E-state index is 0.0636. The molecule has 3 rings (SSSR count). The van der Waals surface area contributed by atoms with Crippen LogP contribution in [-0.2, 0) is 6.54 Å². The molecule has 112 valence electrons. The standard InChI is InChI=1S/C19H19NO2/c1-15-6-4-8-17(14-15)22-13-5-11-20-12-10-16-7-2-3-9-18(16)19(20)21/h2-4,6-10,12,14H,5,11,13H2,1H3. The lowest BCUT2D eigenvalue weighted by atomic mass is 10.2. The molecule has 0 atom stereocenters. The average Bonchev–Trinajstić information content (AvgIpc) is 2.54. The highest BCUT2D eigenvalue weighted by molar-refractivity contribution is 5.81. The van der Waals surface area contributed by atoms with Crippen LogP contribution < -0.4 is 10.3 Å². The lowest BCUT2D eigenvalue weighted by Gasteiger charge is -2.09. The van der Waals surface area contributed by atoms with Crippen molar-refractivity contribution in [2.75, 3.05) is 6.61 Å². The Balaban J connectivity index is 1.62. The van der Waals surface area contributed by atoms with Crippen molar-refractivity contribution in [3.63, 3.8) is 0 Å². The summed E-state index contributed by atoms with van der Waals surface area (Å²) in [4.78, 5) is 12.4. The zero-order chi connectivity index (χ0) is 15.4. The first-order valence-electron chi connectivity index (χ1n) is 7.52. The quantitative estimate of drug-likeness (QED) is 0.670. The molecule has 0 bridgehead atoms. The van der Waals surface area contributed by atoms with E-state index in [2.05, 4.69) is 0 Å². The highest BCUT2D eigenvalue weighted by Crippen LogP contribution is 2.12. The Morgan fingerprint density at radius 1 is 1.05 bits per heavy atom. The van der Waals surface area contributed by atoms with E-state index >= 15 is 0 Å². The van der Waals surface area contributed by atoms with Gasteiger partial charge in [0.1, 0.15) is 5.75 Å². The van der Waals surface area contributed by atoms with Crippen molar-refractivity contribution < 1.29 is 4.74 Å². The number of hydrogen-bond donors (Lipinski definition) is 0. The van der Waals surface area contributed by atoms with E-state index in [0.717, 1.165) is 22.9 Å². The third-order valence-corrected chi connectivity index (χ3v) is 3.69. The van der Waals surface area contributed by atoms with Crippen LogP contribution in [0.1, 0.15) is 12.0 Å². The number of fused-ring (bicyclic) bond motifs is 1. The van der Waals surface area contributed by atoms with Gasteiger partial charge in [0.15, 0.2) is 0 Å². The van der Waals surface area contributed by atoms with Crippen molar-refractivity contribution in [2.45, 2.75) is 19.9 Å². The van der Waals surface area contributed by atoms with Gasteiger partial charge in [-0.15, -0.1) is 0 Å². The fourth-order valence-electron chi connectivity index (χ4n) is 2.54. The summed E-state index contributed by atoms with van der Waals surface area (Å²) in [6.07, 6.45) is 2.66. The highest BCUT2D eigenvalue weighted by Gasteiger charge is 2.02. The summed E-state index contributed by atoms with van der Waals surface area (Å²) in [6.45, 7) is 3.31. The van der Waals surface area contributed by atoms with Crippen LogP contribution in [0.25, 0.3) is 10.8 Å². The van der Waals surface area contributed by atoms with Crippen LogP contribution in [0.3, 0.4) is 0 Å². The van der Waals surface area contributed by atoms with Gasteiger partial charge in [-0.3, -0.25) is 4.79 Å². The molecule has 0 saturated carbocycles. The molecule has 3 heteroatoms. The van der Waals surface area contributed by atoms with E-state index in [1.54, 1.807) is 4.57 Å². The summed E-state index contributed by atoms with van der Waals surface area (Å²) >= 11 is 0. The van der Waals surface area contributed by atoms with E-state index in [1.807, 2.05) is 67.7 Å². The predicted molar refractivity (Wildman–Crippen MR) is 89.5 cm³/mol. The fraction of sp³-hybridized carbons (Fsp3) is 0.211. The number of aromatic nitrogens is 1. The summed E-state index contributed by atoms with van der Waals surface area (Å²) in [5, 5.41) is 1.75. The van der Waals surface area contributed by atoms with Crippen LogP contribution in [-0.4, -0.2) is 11.2 Å². The van der Waals surface area contributed by atoms with Crippen LogP contribution >= 0.6 is 0 Å². The Labute approximate surface area is 129 Å². The number of benzene rings is 2. The third kappa shape index (κ3) is 3.19. The van der Waals surface area contributed by atoms with Crippen LogP contribution in [0.2, 0.25) is 0 Å². The molecule has 0 spiro atoms. The van der Waals surface area contributed by atoms with E-state index < -0.39 is 0 Å². The summed E-state index contributed by atoms with van der Waals surface area (Å²) in [5.41, 5.74) is 1.25. The number of ether oxygens (including phenoxy) is 1. The second-order valence-corrected chi connectivity index (χ2v) is 5.42. The van der Waals surface area contributed by atoms with Gasteiger partial charge < -0.3 is 9.30 Å². The average molecular weight is 293 g/mol. The second-order valence-electron chi connectivity index (χ2n) is 5.42. The van der Waals surface area contributed by atoms with E-state index in [4.69, 9.17) is 4.74 Å². The molecule has 0 amide bonds. The van der Waals surface area contributed by atoms with Gasteiger partial charge in [-0.05, 0) is 48.6 Å². The highest BCUT2D eigenvalue weighted by atomic mass is 16.5. The SMILES string of the molecule is Cc1cccc(OCCCn2ccc3ccccc3c2=O)c1. The number of aryl methyl sites for hydroxylation is 2. The van der Waals surface area contributed by atoms with Crippen LogP contribution in [0.5, 0.6) is 5.75 Å². The summed E-state index contributed by atoms with van der Waals surface area (Å²) in [7, 11) is 0. The van der Waals surface area contributed by atoms with Crippen molar-refractivity contribution in [3.8, 4) is 5.75 Å². The second kappa shape index (κ2) is 6.48. The van der Waals surface area contributed by atoms with Gasteiger partial charge in [0, 0.05) is 18.1 Å². The fourth-order valence-corrected chi connectivity index (χ4v) is 2.54. The predicted octanol–water partition coefficient (Wildman–Crippen LogP) is 3.78. The molecule has 0 unspecified atom stereocenters. The van der Waals surface area contributed by atoms with E-state index in [-0.39, 0.29) is 5.56 Å². The molecular weight excluding hydrogens is 274 g/mol. The van der Waals surface area contributed by atoms with Gasteiger partial charge in [-0.2, -0.15) is 0 Å². The third-order valence-electron chi connectivity index (χ3n) is 3.69. The largest absolute Gasteiger partial charge is 0.494 e. The number of nitrogens with zero attached hydrogens (tertiary/aromatic N) is 1. The molecule has 0 fully saturated rings. The first-order chi connectivity index (χ1) is 10.7. The zero-order valence-electron chi connectivity index (χ0n) is 12.7. The maximum absolute atomic E-state index is 12.4. The monoisotopic (exact) mass is 293 g/mol. The summed E-state index contributed by atoms with van der Waals surface area (Å²) < 4.78 is 7.47. The first kappa shape index (κ1) is 14.4. The molecule has 3 aromatic rings. The molecule has 2 aromatic carbocycles. The lowest BCUT2D eigenvalue weighted by Crippen LogP contribution is -2.20. The van der Waals surface area contributed by atoms with Crippen LogP contribution in [0, 0.1) is 6.92 Å². The van der Waals surface area contributed by atoms with Crippen LogP contribution in [0.4, 0.5) is 0 Å².